The molecule has 1 saturated heterocycles. The largest absolute Gasteiger partial charge is 0.472 e. The van der Waals surface area contributed by atoms with Crippen LogP contribution in [0.15, 0.2) is 24.4 Å². The lowest BCUT2D eigenvalue weighted by Crippen LogP contribution is -2.25. The first-order valence-electron chi connectivity index (χ1n) is 7.27. The van der Waals surface area contributed by atoms with Gasteiger partial charge in [-0.3, -0.25) is 0 Å². The van der Waals surface area contributed by atoms with Crippen LogP contribution >= 0.6 is 11.6 Å². The molecule has 0 spiro atoms. The molecule has 128 valence electrons. The van der Waals surface area contributed by atoms with Gasteiger partial charge in [0.2, 0.25) is 5.88 Å². The van der Waals surface area contributed by atoms with E-state index >= 15 is 0 Å². The summed E-state index contributed by atoms with van der Waals surface area (Å²) in [4.78, 5) is 14.1. The molecule has 0 aliphatic carbocycles. The number of ether oxygens (including phenoxy) is 1. The van der Waals surface area contributed by atoms with E-state index in [2.05, 4.69) is 15.0 Å². The van der Waals surface area contributed by atoms with Crippen LogP contribution in [0.4, 0.5) is 19.0 Å². The first-order valence-corrected chi connectivity index (χ1v) is 7.65. The van der Waals surface area contributed by atoms with E-state index in [1.807, 2.05) is 4.90 Å². The third kappa shape index (κ3) is 3.87. The van der Waals surface area contributed by atoms with E-state index < -0.39 is 11.7 Å². The molecule has 0 amide bonds. The number of hydrogen-bond donors (Lipinski definition) is 0. The van der Waals surface area contributed by atoms with Gasteiger partial charge in [0.1, 0.15) is 22.9 Å². The topological polar surface area (TPSA) is 51.1 Å². The number of halogens is 4. The summed E-state index contributed by atoms with van der Waals surface area (Å²) >= 11 is 5.94. The van der Waals surface area contributed by atoms with Crippen molar-refractivity contribution < 1.29 is 17.9 Å². The van der Waals surface area contributed by atoms with Crippen molar-refractivity contribution in [2.45, 2.75) is 25.6 Å². The highest BCUT2D eigenvalue weighted by Gasteiger charge is 2.31. The average molecular weight is 359 g/mol. The molecule has 0 radical (unpaired) electrons. The highest BCUT2D eigenvalue weighted by molar-refractivity contribution is 6.29. The molecule has 2 aromatic heterocycles. The van der Waals surface area contributed by atoms with Crippen molar-refractivity contribution in [2.75, 3.05) is 18.0 Å². The summed E-state index contributed by atoms with van der Waals surface area (Å²) in [5.74, 6) is 1.46. The Morgan fingerprint density at radius 3 is 2.71 bits per heavy atom. The minimum absolute atomic E-state index is 0.173. The summed E-state index contributed by atoms with van der Waals surface area (Å²) in [6.07, 6.45) is -3.10. The maximum Gasteiger partial charge on any atom is 0.417 e. The lowest BCUT2D eigenvalue weighted by atomic mass is 10.3. The van der Waals surface area contributed by atoms with Gasteiger partial charge in [0.25, 0.3) is 0 Å². The number of rotatable bonds is 3. The molecule has 0 bridgehead atoms. The Bertz CT molecular complexity index is 703. The van der Waals surface area contributed by atoms with E-state index in [0.29, 0.717) is 36.3 Å². The first kappa shape index (κ1) is 16.8. The van der Waals surface area contributed by atoms with Crippen molar-refractivity contribution in [1.82, 2.24) is 15.0 Å². The van der Waals surface area contributed by atoms with Crippen molar-refractivity contribution in [1.29, 1.82) is 0 Å². The van der Waals surface area contributed by atoms with Crippen molar-refractivity contribution in [3.05, 3.63) is 40.9 Å². The number of hydrogen-bond acceptors (Lipinski definition) is 5. The smallest absolute Gasteiger partial charge is 0.417 e. The van der Waals surface area contributed by atoms with Crippen LogP contribution in [0.1, 0.15) is 17.8 Å². The fourth-order valence-corrected chi connectivity index (χ4v) is 2.72. The average Bonchev–Trinajstić information content (AvgIpc) is 2.94. The van der Waals surface area contributed by atoms with E-state index in [9.17, 15) is 13.2 Å². The molecule has 24 heavy (non-hydrogen) atoms. The SMILES string of the molecule is Cc1nc(Cl)cc(N2CCC(Oc3ccc(C(F)(F)F)cn3)C2)n1. The molecule has 1 fully saturated rings. The monoisotopic (exact) mass is 358 g/mol. The molecule has 1 aliphatic rings. The van der Waals surface area contributed by atoms with Crippen molar-refractivity contribution in [3.8, 4) is 5.88 Å². The van der Waals surface area contributed by atoms with Gasteiger partial charge in [-0.25, -0.2) is 15.0 Å². The summed E-state index contributed by atoms with van der Waals surface area (Å²) in [5.41, 5.74) is -0.797. The highest BCUT2D eigenvalue weighted by atomic mass is 35.5. The van der Waals surface area contributed by atoms with Gasteiger partial charge in [0.05, 0.1) is 12.1 Å². The molecule has 0 saturated carbocycles. The summed E-state index contributed by atoms with van der Waals surface area (Å²) in [7, 11) is 0. The number of alkyl halides is 3. The zero-order chi connectivity index (χ0) is 17.3. The third-order valence-corrected chi connectivity index (χ3v) is 3.81. The predicted molar refractivity (Wildman–Crippen MR) is 82.3 cm³/mol. The Kier molecular flexibility index (Phi) is 4.49. The van der Waals surface area contributed by atoms with Crippen LogP contribution in [-0.4, -0.2) is 34.1 Å². The van der Waals surface area contributed by atoms with Crippen LogP contribution in [0.25, 0.3) is 0 Å². The summed E-state index contributed by atoms with van der Waals surface area (Å²) in [6, 6.07) is 3.87. The standard InChI is InChI=1S/C15H14ClF3N4O/c1-9-21-12(16)6-13(22-9)23-5-4-11(8-23)24-14-3-2-10(7-20-14)15(17,18)19/h2-3,6-7,11H,4-5,8H2,1H3. The van der Waals surface area contributed by atoms with Crippen LogP contribution < -0.4 is 9.64 Å². The van der Waals surface area contributed by atoms with Gasteiger partial charge in [-0.2, -0.15) is 13.2 Å². The van der Waals surface area contributed by atoms with Crippen LogP contribution in [0, 0.1) is 6.92 Å². The summed E-state index contributed by atoms with van der Waals surface area (Å²) < 4.78 is 43.2. The predicted octanol–water partition coefficient (Wildman–Crippen LogP) is 3.51. The van der Waals surface area contributed by atoms with E-state index in [4.69, 9.17) is 16.3 Å². The van der Waals surface area contributed by atoms with Crippen molar-refractivity contribution >= 4 is 17.4 Å². The summed E-state index contributed by atoms with van der Waals surface area (Å²) in [6.45, 7) is 3.01. The maximum absolute atomic E-state index is 12.5. The molecular weight excluding hydrogens is 345 g/mol. The molecule has 5 nitrogen and oxygen atoms in total. The van der Waals surface area contributed by atoms with Gasteiger partial charge in [0.15, 0.2) is 0 Å². The fourth-order valence-electron chi connectivity index (χ4n) is 2.50. The molecule has 3 heterocycles. The number of anilines is 1. The van der Waals surface area contributed by atoms with Gasteiger partial charge in [-0.05, 0) is 13.0 Å². The minimum atomic E-state index is -4.40. The van der Waals surface area contributed by atoms with Crippen LogP contribution in [0.2, 0.25) is 5.15 Å². The second-order valence-electron chi connectivity index (χ2n) is 5.45. The zero-order valence-electron chi connectivity index (χ0n) is 12.7. The van der Waals surface area contributed by atoms with Crippen molar-refractivity contribution in [2.24, 2.45) is 0 Å². The second kappa shape index (κ2) is 6.43. The highest BCUT2D eigenvalue weighted by Crippen LogP contribution is 2.30. The number of pyridine rings is 1. The fraction of sp³-hybridized carbons (Fsp3) is 0.400. The second-order valence-corrected chi connectivity index (χ2v) is 5.84. The molecule has 3 rings (SSSR count). The molecule has 1 aliphatic heterocycles. The molecule has 1 atom stereocenters. The Hall–Kier alpha value is -2.09. The Morgan fingerprint density at radius 1 is 1.29 bits per heavy atom. The molecule has 0 N–H and O–H groups in total. The molecule has 9 heteroatoms. The molecule has 2 aromatic rings. The van der Waals surface area contributed by atoms with E-state index in [0.717, 1.165) is 12.3 Å². The van der Waals surface area contributed by atoms with Gasteiger partial charge in [0, 0.05) is 31.3 Å². The van der Waals surface area contributed by atoms with Gasteiger partial charge in [-0.15, -0.1) is 0 Å². The lowest BCUT2D eigenvalue weighted by Gasteiger charge is -2.18. The Labute approximate surface area is 141 Å². The van der Waals surface area contributed by atoms with Gasteiger partial charge in [-0.1, -0.05) is 11.6 Å². The van der Waals surface area contributed by atoms with Crippen LogP contribution in [0.3, 0.4) is 0 Å². The van der Waals surface area contributed by atoms with E-state index in [1.54, 1.807) is 13.0 Å². The lowest BCUT2D eigenvalue weighted by molar-refractivity contribution is -0.137. The number of aryl methyl sites for hydroxylation is 1. The van der Waals surface area contributed by atoms with Gasteiger partial charge < -0.3 is 9.64 Å². The van der Waals surface area contributed by atoms with E-state index in [1.165, 1.54) is 6.07 Å². The number of aromatic nitrogens is 3. The summed E-state index contributed by atoms with van der Waals surface area (Å²) in [5, 5.41) is 0.367. The third-order valence-electron chi connectivity index (χ3n) is 3.61. The van der Waals surface area contributed by atoms with E-state index in [-0.39, 0.29) is 12.0 Å². The molecule has 0 aromatic carbocycles. The van der Waals surface area contributed by atoms with Gasteiger partial charge >= 0.3 is 6.18 Å². The molecule has 1 unspecified atom stereocenters. The Morgan fingerprint density at radius 2 is 2.08 bits per heavy atom. The minimum Gasteiger partial charge on any atom is -0.472 e. The normalized spacial score (nSPS) is 18.0. The zero-order valence-corrected chi connectivity index (χ0v) is 13.5. The maximum atomic E-state index is 12.5. The first-order chi connectivity index (χ1) is 11.3. The quantitative estimate of drug-likeness (QED) is 0.786. The Balaban J connectivity index is 1.64. The number of nitrogens with zero attached hydrogens (tertiary/aromatic N) is 4. The van der Waals surface area contributed by atoms with Crippen LogP contribution in [-0.2, 0) is 6.18 Å². The molecular formula is C15H14ClF3N4O. The van der Waals surface area contributed by atoms with Crippen molar-refractivity contribution in [3.63, 3.8) is 0 Å². The van der Waals surface area contributed by atoms with Crippen LogP contribution in [0.5, 0.6) is 5.88 Å².